The Bertz CT molecular complexity index is 232. The first-order valence-electron chi connectivity index (χ1n) is 5.81. The first kappa shape index (κ1) is 12.5. The highest BCUT2D eigenvalue weighted by molar-refractivity contribution is 5.85. The van der Waals surface area contributed by atoms with Crippen LogP contribution in [0.15, 0.2) is 0 Å². The summed E-state index contributed by atoms with van der Waals surface area (Å²) in [5.41, 5.74) is 5.05. The summed E-state index contributed by atoms with van der Waals surface area (Å²) < 4.78 is 0. The van der Waals surface area contributed by atoms with Crippen molar-refractivity contribution in [1.29, 1.82) is 0 Å². The minimum atomic E-state index is -0.456. The molecule has 1 fully saturated rings. The van der Waals surface area contributed by atoms with Crippen LogP contribution in [-0.2, 0) is 4.79 Å². The smallest absolute Gasteiger partial charge is 0.237 e. The first-order chi connectivity index (χ1) is 7.05. The average molecular weight is 213 g/mol. The normalized spacial score (nSPS) is 31.1. The second kappa shape index (κ2) is 4.94. The first-order valence-corrected chi connectivity index (χ1v) is 5.81. The highest BCUT2D eigenvalue weighted by atomic mass is 16.1. The SMILES string of the molecule is CCNC1(C(N)=O)CCC(N(C)CC)C1. The van der Waals surface area contributed by atoms with Gasteiger partial charge < -0.3 is 16.0 Å². The van der Waals surface area contributed by atoms with Crippen molar-refractivity contribution in [2.75, 3.05) is 20.1 Å². The number of carbonyl (C=O) groups excluding carboxylic acids is 1. The van der Waals surface area contributed by atoms with Crippen molar-refractivity contribution in [1.82, 2.24) is 10.2 Å². The fourth-order valence-corrected chi connectivity index (χ4v) is 2.46. The van der Waals surface area contributed by atoms with Crippen LogP contribution in [0, 0.1) is 0 Å². The Labute approximate surface area is 92.2 Å². The predicted molar refractivity (Wildman–Crippen MR) is 61.5 cm³/mol. The number of carbonyl (C=O) groups is 1. The molecule has 1 amide bonds. The van der Waals surface area contributed by atoms with Crippen LogP contribution in [0.3, 0.4) is 0 Å². The van der Waals surface area contributed by atoms with Gasteiger partial charge in [-0.25, -0.2) is 0 Å². The van der Waals surface area contributed by atoms with Crippen molar-refractivity contribution in [3.8, 4) is 0 Å². The quantitative estimate of drug-likeness (QED) is 0.691. The van der Waals surface area contributed by atoms with Crippen molar-refractivity contribution >= 4 is 5.91 Å². The third kappa shape index (κ3) is 2.49. The minimum Gasteiger partial charge on any atom is -0.368 e. The van der Waals surface area contributed by atoms with Crippen LogP contribution < -0.4 is 11.1 Å². The Hall–Kier alpha value is -0.610. The van der Waals surface area contributed by atoms with Crippen molar-refractivity contribution in [3.63, 3.8) is 0 Å². The van der Waals surface area contributed by atoms with E-state index >= 15 is 0 Å². The molecule has 15 heavy (non-hydrogen) atoms. The van der Waals surface area contributed by atoms with Gasteiger partial charge in [-0.15, -0.1) is 0 Å². The van der Waals surface area contributed by atoms with Crippen molar-refractivity contribution < 1.29 is 4.79 Å². The van der Waals surface area contributed by atoms with Gasteiger partial charge in [-0.3, -0.25) is 4.79 Å². The lowest BCUT2D eigenvalue weighted by Crippen LogP contribution is -2.54. The highest BCUT2D eigenvalue weighted by Gasteiger charge is 2.44. The molecule has 0 aromatic rings. The van der Waals surface area contributed by atoms with Crippen LogP contribution >= 0.6 is 0 Å². The number of primary amides is 1. The molecule has 88 valence electrons. The van der Waals surface area contributed by atoms with Gasteiger partial charge in [0, 0.05) is 6.04 Å². The number of hydrogen-bond donors (Lipinski definition) is 2. The lowest BCUT2D eigenvalue weighted by atomic mass is 9.96. The van der Waals surface area contributed by atoms with Gasteiger partial charge in [-0.2, -0.15) is 0 Å². The van der Waals surface area contributed by atoms with Gasteiger partial charge in [0.2, 0.25) is 5.91 Å². The van der Waals surface area contributed by atoms with Crippen LogP contribution in [0.5, 0.6) is 0 Å². The second-order valence-corrected chi connectivity index (χ2v) is 4.45. The molecule has 1 rings (SSSR count). The Morgan fingerprint density at radius 2 is 2.27 bits per heavy atom. The maximum atomic E-state index is 11.5. The number of amides is 1. The predicted octanol–water partition coefficient (Wildman–Crippen LogP) is 0.324. The summed E-state index contributed by atoms with van der Waals surface area (Å²) in [7, 11) is 2.10. The van der Waals surface area contributed by atoms with E-state index in [-0.39, 0.29) is 5.91 Å². The van der Waals surface area contributed by atoms with E-state index in [1.54, 1.807) is 0 Å². The monoisotopic (exact) mass is 213 g/mol. The van der Waals surface area contributed by atoms with E-state index in [9.17, 15) is 4.79 Å². The molecule has 1 aliphatic rings. The molecular weight excluding hydrogens is 190 g/mol. The maximum absolute atomic E-state index is 11.5. The third-order valence-corrected chi connectivity index (χ3v) is 3.60. The second-order valence-electron chi connectivity index (χ2n) is 4.45. The van der Waals surface area contributed by atoms with E-state index in [1.807, 2.05) is 6.92 Å². The summed E-state index contributed by atoms with van der Waals surface area (Å²) in [6.45, 7) is 5.97. The number of hydrogen-bond acceptors (Lipinski definition) is 3. The topological polar surface area (TPSA) is 58.4 Å². The van der Waals surface area contributed by atoms with E-state index in [1.165, 1.54) is 0 Å². The molecule has 1 aliphatic carbocycles. The number of rotatable bonds is 5. The van der Waals surface area contributed by atoms with Gasteiger partial charge >= 0.3 is 0 Å². The van der Waals surface area contributed by atoms with Gasteiger partial charge in [-0.05, 0) is 39.4 Å². The highest BCUT2D eigenvalue weighted by Crippen LogP contribution is 2.32. The molecule has 0 radical (unpaired) electrons. The fourth-order valence-electron chi connectivity index (χ4n) is 2.46. The molecule has 3 N–H and O–H groups in total. The summed E-state index contributed by atoms with van der Waals surface area (Å²) in [6, 6.07) is 0.488. The van der Waals surface area contributed by atoms with Gasteiger partial charge in [0.1, 0.15) is 0 Å². The molecule has 4 nitrogen and oxygen atoms in total. The van der Waals surface area contributed by atoms with E-state index < -0.39 is 5.54 Å². The van der Waals surface area contributed by atoms with Crippen LogP contribution in [0.4, 0.5) is 0 Å². The van der Waals surface area contributed by atoms with Crippen LogP contribution in [0.25, 0.3) is 0 Å². The molecule has 0 saturated heterocycles. The Morgan fingerprint density at radius 3 is 2.73 bits per heavy atom. The lowest BCUT2D eigenvalue weighted by molar-refractivity contribution is -0.124. The van der Waals surface area contributed by atoms with Crippen molar-refractivity contribution in [3.05, 3.63) is 0 Å². The fraction of sp³-hybridized carbons (Fsp3) is 0.909. The van der Waals surface area contributed by atoms with Gasteiger partial charge in [0.25, 0.3) is 0 Å². The Morgan fingerprint density at radius 1 is 1.60 bits per heavy atom. The number of nitrogens with zero attached hydrogens (tertiary/aromatic N) is 1. The van der Waals surface area contributed by atoms with E-state index in [0.29, 0.717) is 6.04 Å². The Kier molecular flexibility index (Phi) is 4.11. The van der Waals surface area contributed by atoms with Crippen LogP contribution in [0.2, 0.25) is 0 Å². The molecule has 0 spiro atoms. The largest absolute Gasteiger partial charge is 0.368 e. The average Bonchev–Trinajstić information content (AvgIpc) is 2.63. The molecule has 2 unspecified atom stereocenters. The molecule has 0 heterocycles. The molecule has 0 aromatic carbocycles. The van der Waals surface area contributed by atoms with Gasteiger partial charge in [0.05, 0.1) is 5.54 Å². The lowest BCUT2D eigenvalue weighted by Gasteiger charge is -2.28. The van der Waals surface area contributed by atoms with E-state index in [4.69, 9.17) is 5.73 Å². The number of nitrogens with two attached hydrogens (primary N) is 1. The zero-order valence-corrected chi connectivity index (χ0v) is 10.0. The van der Waals surface area contributed by atoms with Crippen molar-refractivity contribution in [2.24, 2.45) is 5.73 Å². The van der Waals surface area contributed by atoms with Crippen molar-refractivity contribution in [2.45, 2.75) is 44.7 Å². The minimum absolute atomic E-state index is 0.198. The summed E-state index contributed by atoms with van der Waals surface area (Å²) in [4.78, 5) is 13.8. The standard InChI is InChI=1S/C11H23N3O/c1-4-13-11(10(12)15)7-6-9(8-11)14(3)5-2/h9,13H,4-8H2,1-3H3,(H2,12,15). The maximum Gasteiger partial charge on any atom is 0.237 e. The summed E-state index contributed by atoms with van der Waals surface area (Å²) in [5.74, 6) is -0.198. The molecular formula is C11H23N3O. The summed E-state index contributed by atoms with van der Waals surface area (Å²) >= 11 is 0. The molecule has 0 bridgehead atoms. The molecule has 0 aliphatic heterocycles. The third-order valence-electron chi connectivity index (χ3n) is 3.60. The van der Waals surface area contributed by atoms with E-state index in [2.05, 4.69) is 24.2 Å². The number of likely N-dealkylation sites (N-methyl/N-ethyl adjacent to an activating group) is 1. The molecule has 1 saturated carbocycles. The van der Waals surface area contributed by atoms with Gasteiger partial charge in [0.15, 0.2) is 0 Å². The van der Waals surface area contributed by atoms with Gasteiger partial charge in [-0.1, -0.05) is 13.8 Å². The van der Waals surface area contributed by atoms with Crippen LogP contribution in [-0.4, -0.2) is 42.5 Å². The zero-order chi connectivity index (χ0) is 11.5. The Balaban J connectivity index is 2.67. The summed E-state index contributed by atoms with van der Waals surface area (Å²) in [5, 5.41) is 3.27. The van der Waals surface area contributed by atoms with Crippen LogP contribution in [0.1, 0.15) is 33.1 Å². The molecule has 2 atom stereocenters. The molecule has 4 heteroatoms. The molecule has 0 aromatic heterocycles. The van der Waals surface area contributed by atoms with E-state index in [0.717, 1.165) is 32.4 Å². The number of nitrogens with one attached hydrogen (secondary N) is 1. The summed E-state index contributed by atoms with van der Waals surface area (Å²) in [6.07, 6.45) is 2.77. The zero-order valence-electron chi connectivity index (χ0n) is 10.0.